The van der Waals surface area contributed by atoms with Gasteiger partial charge in [-0.05, 0) is 49.6 Å². The van der Waals surface area contributed by atoms with Crippen molar-refractivity contribution in [2.75, 3.05) is 0 Å². The molecule has 25 heavy (non-hydrogen) atoms. The molecule has 1 N–H and O–H groups in total. The Kier molecular flexibility index (Phi) is 4.93. The van der Waals surface area contributed by atoms with Crippen molar-refractivity contribution >= 4 is 5.91 Å². The molecule has 1 aromatic heterocycles. The van der Waals surface area contributed by atoms with Crippen molar-refractivity contribution in [1.29, 1.82) is 0 Å². The molecule has 1 heterocycles. The van der Waals surface area contributed by atoms with E-state index < -0.39 is 0 Å². The maximum atomic E-state index is 12.5. The van der Waals surface area contributed by atoms with Gasteiger partial charge in [0.1, 0.15) is 12.7 Å². The largest absolute Gasteiger partial charge is 0.346 e. The highest BCUT2D eigenvalue weighted by Gasteiger charge is 2.13. The van der Waals surface area contributed by atoms with Crippen LogP contribution in [-0.2, 0) is 6.54 Å². The Hall–Kier alpha value is -2.95. The number of rotatable bonds is 5. The molecule has 0 fully saturated rings. The van der Waals surface area contributed by atoms with Gasteiger partial charge in [0.2, 0.25) is 0 Å². The van der Waals surface area contributed by atoms with Crippen molar-refractivity contribution in [3.63, 3.8) is 0 Å². The van der Waals surface area contributed by atoms with E-state index in [9.17, 15) is 4.79 Å². The van der Waals surface area contributed by atoms with Gasteiger partial charge in [-0.25, -0.2) is 9.67 Å². The van der Waals surface area contributed by atoms with Gasteiger partial charge in [-0.2, -0.15) is 5.10 Å². The first-order valence-corrected chi connectivity index (χ1v) is 8.32. The molecule has 0 saturated carbocycles. The summed E-state index contributed by atoms with van der Waals surface area (Å²) in [7, 11) is 0. The third-order valence-corrected chi connectivity index (χ3v) is 4.28. The molecular formula is C20H22N4O. The first kappa shape index (κ1) is 16.9. The highest BCUT2D eigenvalue weighted by atomic mass is 16.1. The lowest BCUT2D eigenvalue weighted by Crippen LogP contribution is -2.27. The molecule has 5 heteroatoms. The highest BCUT2D eigenvalue weighted by molar-refractivity contribution is 5.94. The van der Waals surface area contributed by atoms with Gasteiger partial charge in [-0.1, -0.05) is 35.9 Å². The number of carbonyl (C=O) groups is 1. The Bertz CT molecular complexity index is 854. The number of benzene rings is 2. The number of hydrogen-bond acceptors (Lipinski definition) is 3. The first-order chi connectivity index (χ1) is 12.0. The van der Waals surface area contributed by atoms with E-state index in [-0.39, 0.29) is 11.9 Å². The van der Waals surface area contributed by atoms with Gasteiger partial charge in [0.15, 0.2) is 0 Å². The fourth-order valence-corrected chi connectivity index (χ4v) is 2.85. The van der Waals surface area contributed by atoms with E-state index in [1.165, 1.54) is 17.5 Å². The minimum Gasteiger partial charge on any atom is -0.346 e. The van der Waals surface area contributed by atoms with Gasteiger partial charge in [-0.3, -0.25) is 4.79 Å². The van der Waals surface area contributed by atoms with Crippen LogP contribution >= 0.6 is 0 Å². The number of hydrogen-bond donors (Lipinski definition) is 1. The standard InChI is InChI=1S/C20H22N4O/c1-14-4-5-15(2)19(10-14)16(3)23-20(25)18-8-6-17(7-9-18)11-24-13-21-12-22-24/h4-10,12-13,16H,11H2,1-3H3,(H,23,25). The van der Waals surface area contributed by atoms with Crippen LogP contribution in [0.3, 0.4) is 0 Å². The Morgan fingerprint density at radius 3 is 2.60 bits per heavy atom. The van der Waals surface area contributed by atoms with Crippen LogP contribution in [0.5, 0.6) is 0 Å². The third-order valence-electron chi connectivity index (χ3n) is 4.28. The Labute approximate surface area is 147 Å². The lowest BCUT2D eigenvalue weighted by molar-refractivity contribution is 0.0940. The molecular weight excluding hydrogens is 312 g/mol. The van der Waals surface area contributed by atoms with Crippen LogP contribution in [0.15, 0.2) is 55.1 Å². The summed E-state index contributed by atoms with van der Waals surface area (Å²) in [4.78, 5) is 16.4. The first-order valence-electron chi connectivity index (χ1n) is 8.32. The lowest BCUT2D eigenvalue weighted by Gasteiger charge is -2.17. The molecule has 2 aromatic carbocycles. The predicted octanol–water partition coefficient (Wildman–Crippen LogP) is 3.43. The second-order valence-electron chi connectivity index (χ2n) is 6.35. The maximum Gasteiger partial charge on any atom is 0.251 e. The molecule has 0 bridgehead atoms. The molecule has 0 aliphatic heterocycles. The lowest BCUT2D eigenvalue weighted by atomic mass is 9.99. The fraction of sp³-hybridized carbons (Fsp3) is 0.250. The molecule has 1 unspecified atom stereocenters. The van der Waals surface area contributed by atoms with Crippen molar-refractivity contribution in [2.45, 2.75) is 33.4 Å². The zero-order valence-electron chi connectivity index (χ0n) is 14.7. The number of nitrogens with zero attached hydrogens (tertiary/aromatic N) is 3. The normalized spacial score (nSPS) is 12.0. The van der Waals surface area contributed by atoms with Crippen molar-refractivity contribution in [1.82, 2.24) is 20.1 Å². The second-order valence-corrected chi connectivity index (χ2v) is 6.35. The molecule has 0 spiro atoms. The highest BCUT2D eigenvalue weighted by Crippen LogP contribution is 2.19. The van der Waals surface area contributed by atoms with Crippen molar-refractivity contribution in [3.05, 3.63) is 82.9 Å². The quantitative estimate of drug-likeness (QED) is 0.777. The number of aromatic nitrogens is 3. The molecule has 0 aliphatic carbocycles. The Morgan fingerprint density at radius 2 is 1.92 bits per heavy atom. The number of aryl methyl sites for hydroxylation is 2. The van der Waals surface area contributed by atoms with E-state index in [1.807, 2.05) is 31.2 Å². The molecule has 1 amide bonds. The van der Waals surface area contributed by atoms with Crippen molar-refractivity contribution in [2.24, 2.45) is 0 Å². The molecule has 1 atom stereocenters. The number of nitrogens with one attached hydrogen (secondary N) is 1. The van der Waals surface area contributed by atoms with Crippen LogP contribution in [0.25, 0.3) is 0 Å². The summed E-state index contributed by atoms with van der Waals surface area (Å²) in [5.41, 5.74) is 5.25. The van der Waals surface area contributed by atoms with Gasteiger partial charge in [0, 0.05) is 5.56 Å². The van der Waals surface area contributed by atoms with Gasteiger partial charge >= 0.3 is 0 Å². The van der Waals surface area contributed by atoms with Crippen molar-refractivity contribution < 1.29 is 4.79 Å². The van der Waals surface area contributed by atoms with Crippen LogP contribution in [0, 0.1) is 13.8 Å². The third kappa shape index (κ3) is 4.12. The summed E-state index contributed by atoms with van der Waals surface area (Å²) in [5, 5.41) is 7.16. The summed E-state index contributed by atoms with van der Waals surface area (Å²) in [6.07, 6.45) is 3.18. The van der Waals surface area contributed by atoms with Crippen LogP contribution < -0.4 is 5.32 Å². The summed E-state index contributed by atoms with van der Waals surface area (Å²) < 4.78 is 1.75. The zero-order chi connectivity index (χ0) is 17.8. The van der Waals surface area contributed by atoms with Gasteiger partial charge in [0.25, 0.3) is 5.91 Å². The van der Waals surface area contributed by atoms with Gasteiger partial charge < -0.3 is 5.32 Å². The van der Waals surface area contributed by atoms with Crippen LogP contribution in [0.1, 0.15) is 45.6 Å². The topological polar surface area (TPSA) is 59.8 Å². The average Bonchev–Trinajstić information content (AvgIpc) is 3.10. The summed E-state index contributed by atoms with van der Waals surface area (Å²) in [6.45, 7) is 6.78. The van der Waals surface area contributed by atoms with E-state index in [0.29, 0.717) is 12.1 Å². The van der Waals surface area contributed by atoms with Gasteiger partial charge in [-0.15, -0.1) is 0 Å². The minimum absolute atomic E-state index is 0.0396. The minimum atomic E-state index is -0.0688. The maximum absolute atomic E-state index is 12.5. The molecule has 0 radical (unpaired) electrons. The van der Waals surface area contributed by atoms with Crippen LogP contribution in [0.4, 0.5) is 0 Å². The fourth-order valence-electron chi connectivity index (χ4n) is 2.85. The van der Waals surface area contributed by atoms with Gasteiger partial charge in [0.05, 0.1) is 12.6 Å². The molecule has 128 valence electrons. The molecule has 0 aliphatic rings. The number of carbonyl (C=O) groups excluding carboxylic acids is 1. The van der Waals surface area contributed by atoms with E-state index in [4.69, 9.17) is 0 Å². The molecule has 5 nitrogen and oxygen atoms in total. The molecule has 3 aromatic rings. The zero-order valence-corrected chi connectivity index (χ0v) is 14.7. The Balaban J connectivity index is 1.67. The SMILES string of the molecule is Cc1ccc(C)c(C(C)NC(=O)c2ccc(Cn3cncn3)cc2)c1. The van der Waals surface area contributed by atoms with Crippen molar-refractivity contribution in [3.8, 4) is 0 Å². The summed E-state index contributed by atoms with van der Waals surface area (Å²) >= 11 is 0. The van der Waals surface area contributed by atoms with E-state index in [0.717, 1.165) is 11.1 Å². The Morgan fingerprint density at radius 1 is 1.16 bits per heavy atom. The number of amides is 1. The summed E-state index contributed by atoms with van der Waals surface area (Å²) in [5.74, 6) is -0.0688. The molecule has 0 saturated heterocycles. The van der Waals surface area contributed by atoms with Crippen LogP contribution in [0.2, 0.25) is 0 Å². The smallest absolute Gasteiger partial charge is 0.251 e. The van der Waals surface area contributed by atoms with E-state index in [1.54, 1.807) is 11.0 Å². The van der Waals surface area contributed by atoms with E-state index >= 15 is 0 Å². The summed E-state index contributed by atoms with van der Waals surface area (Å²) in [6, 6.07) is 13.8. The molecule has 3 rings (SSSR count). The van der Waals surface area contributed by atoms with Crippen LogP contribution in [-0.4, -0.2) is 20.7 Å². The average molecular weight is 334 g/mol. The predicted molar refractivity (Wildman–Crippen MR) is 97.4 cm³/mol. The monoisotopic (exact) mass is 334 g/mol. The second kappa shape index (κ2) is 7.30. The van der Waals surface area contributed by atoms with E-state index in [2.05, 4.69) is 47.4 Å².